The van der Waals surface area contributed by atoms with Gasteiger partial charge in [0.2, 0.25) is 0 Å². The average molecular weight is 281 g/mol. The number of aryl methyl sites for hydroxylation is 1. The van der Waals surface area contributed by atoms with Gasteiger partial charge >= 0.3 is 0 Å². The Hall–Kier alpha value is -2.80. The molecule has 0 atom stereocenters. The highest BCUT2D eigenvalue weighted by molar-refractivity contribution is 6.15. The number of fused-ring (bicyclic) bond motifs is 8. The summed E-state index contributed by atoms with van der Waals surface area (Å²) in [7, 11) is 0. The first-order valence-corrected chi connectivity index (χ1v) is 7.64. The van der Waals surface area contributed by atoms with E-state index in [-0.39, 0.29) is 0 Å². The molecule has 0 aliphatic carbocycles. The van der Waals surface area contributed by atoms with Crippen LogP contribution in [0, 0.1) is 6.92 Å². The fourth-order valence-electron chi connectivity index (χ4n) is 3.61. The smallest absolute Gasteiger partial charge is 0.0547 e. The lowest BCUT2D eigenvalue weighted by Gasteiger charge is -2.10. The Morgan fingerprint density at radius 3 is 2.18 bits per heavy atom. The molecule has 0 saturated carbocycles. The van der Waals surface area contributed by atoms with Gasteiger partial charge in [-0.1, -0.05) is 54.6 Å². The van der Waals surface area contributed by atoms with Gasteiger partial charge in [0, 0.05) is 16.2 Å². The van der Waals surface area contributed by atoms with Gasteiger partial charge in [-0.25, -0.2) is 0 Å². The number of hydrogen-bond acceptors (Lipinski definition) is 0. The van der Waals surface area contributed by atoms with Gasteiger partial charge in [0.15, 0.2) is 0 Å². The first kappa shape index (κ1) is 11.8. The topological polar surface area (TPSA) is 4.41 Å². The highest BCUT2D eigenvalue weighted by Crippen LogP contribution is 2.34. The minimum Gasteiger partial charge on any atom is -0.309 e. The van der Waals surface area contributed by atoms with E-state index >= 15 is 0 Å². The molecule has 0 aliphatic rings. The molecule has 5 rings (SSSR count). The largest absolute Gasteiger partial charge is 0.309 e. The minimum atomic E-state index is 1.28. The van der Waals surface area contributed by atoms with E-state index < -0.39 is 0 Å². The number of para-hydroxylation sites is 1. The standard InChI is InChI=1S/C21H15N/c1-14-10-11-18-16-7-3-4-8-17(16)21-13-15-6-2-5-9-19(15)22(21)20(18)12-14/h2-13H,1H3. The molecule has 22 heavy (non-hydrogen) atoms. The van der Waals surface area contributed by atoms with Crippen molar-refractivity contribution in [1.29, 1.82) is 0 Å². The Morgan fingerprint density at radius 1 is 0.591 bits per heavy atom. The van der Waals surface area contributed by atoms with Crippen molar-refractivity contribution in [1.82, 2.24) is 4.40 Å². The molecule has 2 aromatic heterocycles. The molecule has 1 nitrogen and oxygen atoms in total. The summed E-state index contributed by atoms with van der Waals surface area (Å²) in [5.74, 6) is 0. The van der Waals surface area contributed by atoms with Gasteiger partial charge in [-0.2, -0.15) is 0 Å². The summed E-state index contributed by atoms with van der Waals surface area (Å²) < 4.78 is 2.40. The number of pyridine rings is 1. The highest BCUT2D eigenvalue weighted by Gasteiger charge is 2.11. The van der Waals surface area contributed by atoms with Crippen molar-refractivity contribution in [2.24, 2.45) is 0 Å². The van der Waals surface area contributed by atoms with Crippen molar-refractivity contribution >= 4 is 38.1 Å². The van der Waals surface area contributed by atoms with Gasteiger partial charge in [-0.15, -0.1) is 0 Å². The lowest BCUT2D eigenvalue weighted by Crippen LogP contribution is -1.91. The van der Waals surface area contributed by atoms with Crippen LogP contribution in [0.25, 0.3) is 38.1 Å². The Morgan fingerprint density at radius 2 is 1.27 bits per heavy atom. The van der Waals surface area contributed by atoms with E-state index in [1.807, 2.05) is 0 Å². The molecule has 0 fully saturated rings. The summed E-state index contributed by atoms with van der Waals surface area (Å²) in [4.78, 5) is 0. The first-order valence-electron chi connectivity index (χ1n) is 7.64. The molecule has 0 N–H and O–H groups in total. The maximum absolute atomic E-state index is 2.40. The van der Waals surface area contributed by atoms with E-state index in [9.17, 15) is 0 Å². The predicted octanol–water partition coefficient (Wildman–Crippen LogP) is 5.71. The van der Waals surface area contributed by atoms with Crippen molar-refractivity contribution in [2.45, 2.75) is 6.92 Å². The normalized spacial score (nSPS) is 11.9. The lowest BCUT2D eigenvalue weighted by molar-refractivity contribution is 1.33. The fourth-order valence-corrected chi connectivity index (χ4v) is 3.61. The van der Waals surface area contributed by atoms with Crippen LogP contribution in [0.1, 0.15) is 5.56 Å². The number of rotatable bonds is 0. The SMILES string of the molecule is Cc1ccc2c3ccccc3c3cc4ccccc4n3c2c1. The van der Waals surface area contributed by atoms with Gasteiger partial charge < -0.3 is 4.40 Å². The molecule has 0 bridgehead atoms. The van der Waals surface area contributed by atoms with Crippen LogP contribution in [-0.2, 0) is 0 Å². The van der Waals surface area contributed by atoms with Crippen LogP contribution < -0.4 is 0 Å². The Kier molecular flexibility index (Phi) is 2.21. The monoisotopic (exact) mass is 281 g/mol. The second-order valence-electron chi connectivity index (χ2n) is 5.99. The molecule has 0 radical (unpaired) electrons. The van der Waals surface area contributed by atoms with Gasteiger partial charge in [0.1, 0.15) is 0 Å². The molecule has 1 heteroatoms. The zero-order chi connectivity index (χ0) is 14.7. The maximum atomic E-state index is 2.40. The van der Waals surface area contributed by atoms with Gasteiger partial charge in [0.05, 0.1) is 16.6 Å². The molecular formula is C21H15N. The van der Waals surface area contributed by atoms with Crippen molar-refractivity contribution in [3.05, 3.63) is 78.4 Å². The lowest BCUT2D eigenvalue weighted by atomic mass is 10.0. The van der Waals surface area contributed by atoms with Crippen LogP contribution in [0.2, 0.25) is 0 Å². The minimum absolute atomic E-state index is 1.28. The van der Waals surface area contributed by atoms with Crippen LogP contribution in [0.5, 0.6) is 0 Å². The third-order valence-electron chi connectivity index (χ3n) is 4.60. The summed E-state index contributed by atoms with van der Waals surface area (Å²) in [6.45, 7) is 2.16. The predicted molar refractivity (Wildman–Crippen MR) is 94.7 cm³/mol. The van der Waals surface area contributed by atoms with Crippen molar-refractivity contribution in [3.63, 3.8) is 0 Å². The van der Waals surface area contributed by atoms with Crippen LogP contribution in [0.3, 0.4) is 0 Å². The third-order valence-corrected chi connectivity index (χ3v) is 4.60. The van der Waals surface area contributed by atoms with Crippen molar-refractivity contribution in [3.8, 4) is 0 Å². The van der Waals surface area contributed by atoms with E-state index in [1.54, 1.807) is 0 Å². The van der Waals surface area contributed by atoms with Gasteiger partial charge in [0.25, 0.3) is 0 Å². The molecule has 0 aliphatic heterocycles. The quantitative estimate of drug-likeness (QED) is 0.320. The molecule has 0 spiro atoms. The van der Waals surface area contributed by atoms with E-state index in [0.717, 1.165) is 0 Å². The number of benzene rings is 3. The van der Waals surface area contributed by atoms with Crippen molar-refractivity contribution < 1.29 is 0 Å². The Labute approximate surface area is 128 Å². The first-order chi connectivity index (χ1) is 10.8. The van der Waals surface area contributed by atoms with E-state index in [1.165, 1.54) is 43.7 Å². The molecule has 3 aromatic carbocycles. The van der Waals surface area contributed by atoms with Crippen molar-refractivity contribution in [2.75, 3.05) is 0 Å². The summed E-state index contributed by atoms with van der Waals surface area (Å²) in [6, 6.07) is 26.4. The highest BCUT2D eigenvalue weighted by atomic mass is 14.9. The van der Waals surface area contributed by atoms with Crippen LogP contribution >= 0.6 is 0 Å². The molecule has 0 amide bonds. The molecule has 0 unspecified atom stereocenters. The molecule has 5 aromatic rings. The van der Waals surface area contributed by atoms with E-state index in [0.29, 0.717) is 0 Å². The molecular weight excluding hydrogens is 266 g/mol. The fraction of sp³-hybridized carbons (Fsp3) is 0.0476. The van der Waals surface area contributed by atoms with Crippen LogP contribution in [0.4, 0.5) is 0 Å². The summed E-state index contributed by atoms with van der Waals surface area (Å²) >= 11 is 0. The zero-order valence-corrected chi connectivity index (χ0v) is 12.4. The third kappa shape index (κ3) is 1.43. The Balaban J connectivity index is 2.23. The number of nitrogens with zero attached hydrogens (tertiary/aromatic N) is 1. The average Bonchev–Trinajstić information content (AvgIpc) is 2.95. The van der Waals surface area contributed by atoms with Gasteiger partial charge in [-0.05, 0) is 36.1 Å². The molecule has 0 saturated heterocycles. The van der Waals surface area contributed by atoms with Crippen LogP contribution in [0.15, 0.2) is 72.8 Å². The summed E-state index contributed by atoms with van der Waals surface area (Å²) in [5, 5.41) is 5.25. The van der Waals surface area contributed by atoms with Gasteiger partial charge in [-0.3, -0.25) is 0 Å². The van der Waals surface area contributed by atoms with E-state index in [2.05, 4.69) is 84.1 Å². The molecule has 104 valence electrons. The van der Waals surface area contributed by atoms with Crippen LogP contribution in [-0.4, -0.2) is 4.40 Å². The van der Waals surface area contributed by atoms with E-state index in [4.69, 9.17) is 0 Å². The second kappa shape index (κ2) is 4.11. The molecule has 2 heterocycles. The summed E-state index contributed by atoms with van der Waals surface area (Å²) in [6.07, 6.45) is 0. The summed E-state index contributed by atoms with van der Waals surface area (Å²) in [5.41, 5.74) is 5.14. The Bertz CT molecular complexity index is 1180. The second-order valence-corrected chi connectivity index (χ2v) is 5.99. The number of aromatic nitrogens is 1. The zero-order valence-electron chi connectivity index (χ0n) is 12.4. The number of hydrogen-bond donors (Lipinski definition) is 0. The maximum Gasteiger partial charge on any atom is 0.0547 e.